The molecule has 0 radical (unpaired) electrons. The molecule has 1 aliphatic carbocycles. The molecule has 0 aromatic carbocycles. The fourth-order valence-electron chi connectivity index (χ4n) is 2.59. The maximum absolute atomic E-state index is 12.3. The third-order valence-electron chi connectivity index (χ3n) is 3.61. The number of pyridine rings is 1. The Labute approximate surface area is 108 Å². The average Bonchev–Trinajstić information content (AvgIpc) is 2.74. The first-order chi connectivity index (χ1) is 8.58. The summed E-state index contributed by atoms with van der Waals surface area (Å²) in [6.07, 6.45) is 2.95. The highest BCUT2D eigenvalue weighted by atomic mass is 16.2. The van der Waals surface area contributed by atoms with Gasteiger partial charge in [-0.05, 0) is 31.9 Å². The molecular weight excluding hydrogens is 226 g/mol. The van der Waals surface area contributed by atoms with Gasteiger partial charge in [0.2, 0.25) is 5.91 Å². The van der Waals surface area contributed by atoms with Gasteiger partial charge in [-0.1, -0.05) is 12.5 Å². The molecule has 0 saturated heterocycles. The number of aryl methyl sites for hydroxylation is 1. The number of rotatable bonds is 3. The van der Waals surface area contributed by atoms with Crippen molar-refractivity contribution in [2.24, 2.45) is 11.7 Å². The molecule has 0 aliphatic heterocycles. The Hall–Kier alpha value is -1.42. The van der Waals surface area contributed by atoms with Crippen molar-refractivity contribution in [3.63, 3.8) is 0 Å². The third-order valence-corrected chi connectivity index (χ3v) is 3.61. The van der Waals surface area contributed by atoms with Crippen molar-refractivity contribution in [2.45, 2.75) is 38.8 Å². The molecule has 4 heteroatoms. The monoisotopic (exact) mass is 247 g/mol. The van der Waals surface area contributed by atoms with Crippen LogP contribution in [0.1, 0.15) is 30.7 Å². The summed E-state index contributed by atoms with van der Waals surface area (Å²) in [6, 6.07) is 5.91. The van der Waals surface area contributed by atoms with Crippen LogP contribution in [0.3, 0.4) is 0 Å². The van der Waals surface area contributed by atoms with E-state index < -0.39 is 0 Å². The highest BCUT2D eigenvalue weighted by Gasteiger charge is 2.32. The molecule has 1 heterocycles. The van der Waals surface area contributed by atoms with Crippen LogP contribution in [0.15, 0.2) is 18.2 Å². The van der Waals surface area contributed by atoms with Crippen LogP contribution in [0.4, 0.5) is 0 Å². The standard InChI is InChI=1S/C14H21N3O/c1-10-5-3-6-11(16-10)9-17(2)14(18)12-7-4-8-13(12)15/h3,5-6,12-13H,4,7-9,15H2,1-2H3. The van der Waals surface area contributed by atoms with Crippen LogP contribution in [0.25, 0.3) is 0 Å². The van der Waals surface area contributed by atoms with Crippen LogP contribution in [0.5, 0.6) is 0 Å². The fraction of sp³-hybridized carbons (Fsp3) is 0.571. The van der Waals surface area contributed by atoms with Crippen molar-refractivity contribution in [1.29, 1.82) is 0 Å². The molecule has 2 atom stereocenters. The zero-order valence-electron chi connectivity index (χ0n) is 11.1. The van der Waals surface area contributed by atoms with Gasteiger partial charge in [-0.15, -0.1) is 0 Å². The molecule has 2 rings (SSSR count). The predicted molar refractivity (Wildman–Crippen MR) is 70.8 cm³/mol. The summed E-state index contributed by atoms with van der Waals surface area (Å²) in [5.74, 6) is 0.156. The lowest BCUT2D eigenvalue weighted by molar-refractivity contribution is -0.134. The maximum Gasteiger partial charge on any atom is 0.227 e. The normalized spacial score (nSPS) is 23.1. The molecule has 1 fully saturated rings. The zero-order chi connectivity index (χ0) is 13.1. The van der Waals surface area contributed by atoms with Gasteiger partial charge in [-0.3, -0.25) is 9.78 Å². The van der Waals surface area contributed by atoms with E-state index in [2.05, 4.69) is 4.98 Å². The van der Waals surface area contributed by atoms with Crippen LogP contribution < -0.4 is 5.73 Å². The lowest BCUT2D eigenvalue weighted by atomic mass is 10.0. The van der Waals surface area contributed by atoms with E-state index in [-0.39, 0.29) is 17.9 Å². The summed E-state index contributed by atoms with van der Waals surface area (Å²) in [4.78, 5) is 18.4. The number of hydrogen-bond donors (Lipinski definition) is 1. The van der Waals surface area contributed by atoms with E-state index in [0.29, 0.717) is 6.54 Å². The van der Waals surface area contributed by atoms with E-state index in [1.807, 2.05) is 32.2 Å². The summed E-state index contributed by atoms with van der Waals surface area (Å²) in [5.41, 5.74) is 7.88. The summed E-state index contributed by atoms with van der Waals surface area (Å²) in [7, 11) is 1.83. The van der Waals surface area contributed by atoms with Crippen LogP contribution in [-0.2, 0) is 11.3 Å². The number of carbonyl (C=O) groups excluding carboxylic acids is 1. The molecule has 1 aromatic heterocycles. The topological polar surface area (TPSA) is 59.2 Å². The molecule has 4 nitrogen and oxygen atoms in total. The second-order valence-electron chi connectivity index (χ2n) is 5.17. The molecule has 18 heavy (non-hydrogen) atoms. The molecule has 2 unspecified atom stereocenters. The number of nitrogens with zero attached hydrogens (tertiary/aromatic N) is 2. The van der Waals surface area contributed by atoms with E-state index in [1.54, 1.807) is 4.90 Å². The first kappa shape index (κ1) is 13.0. The van der Waals surface area contributed by atoms with Gasteiger partial charge < -0.3 is 10.6 Å². The van der Waals surface area contributed by atoms with Crippen molar-refractivity contribution >= 4 is 5.91 Å². The van der Waals surface area contributed by atoms with Gasteiger partial charge in [-0.2, -0.15) is 0 Å². The highest BCUT2D eigenvalue weighted by Crippen LogP contribution is 2.25. The lowest BCUT2D eigenvalue weighted by Crippen LogP contribution is -2.39. The van der Waals surface area contributed by atoms with E-state index in [9.17, 15) is 4.79 Å². The third kappa shape index (κ3) is 2.88. The number of aromatic nitrogens is 1. The van der Waals surface area contributed by atoms with Crippen LogP contribution in [-0.4, -0.2) is 28.9 Å². The minimum atomic E-state index is -0.000177. The Morgan fingerprint density at radius 1 is 1.50 bits per heavy atom. The second-order valence-corrected chi connectivity index (χ2v) is 5.17. The summed E-state index contributed by atoms with van der Waals surface area (Å²) < 4.78 is 0. The largest absolute Gasteiger partial charge is 0.340 e. The minimum Gasteiger partial charge on any atom is -0.340 e. The summed E-state index contributed by atoms with van der Waals surface area (Å²) in [6.45, 7) is 2.52. The van der Waals surface area contributed by atoms with E-state index in [1.165, 1.54) is 0 Å². The Balaban J connectivity index is 1.99. The summed E-state index contributed by atoms with van der Waals surface area (Å²) >= 11 is 0. The molecule has 0 bridgehead atoms. The van der Waals surface area contributed by atoms with Crippen molar-refractivity contribution in [3.05, 3.63) is 29.6 Å². The first-order valence-electron chi connectivity index (χ1n) is 6.51. The van der Waals surface area contributed by atoms with Crippen molar-refractivity contribution in [1.82, 2.24) is 9.88 Å². The van der Waals surface area contributed by atoms with Gasteiger partial charge >= 0.3 is 0 Å². The second kappa shape index (κ2) is 5.48. The smallest absolute Gasteiger partial charge is 0.227 e. The molecule has 1 aromatic rings. The SMILES string of the molecule is Cc1cccc(CN(C)C(=O)C2CCCC2N)n1. The predicted octanol–water partition coefficient (Wildman–Crippen LogP) is 1.48. The number of hydrogen-bond acceptors (Lipinski definition) is 3. The Morgan fingerprint density at radius 3 is 2.89 bits per heavy atom. The average molecular weight is 247 g/mol. The van der Waals surface area contributed by atoms with Crippen LogP contribution in [0, 0.1) is 12.8 Å². The molecule has 2 N–H and O–H groups in total. The van der Waals surface area contributed by atoms with E-state index in [4.69, 9.17) is 5.73 Å². The summed E-state index contributed by atoms with van der Waals surface area (Å²) in [5, 5.41) is 0. The molecule has 1 aliphatic rings. The van der Waals surface area contributed by atoms with Gasteiger partial charge in [0.05, 0.1) is 18.2 Å². The Kier molecular flexibility index (Phi) is 3.97. The highest BCUT2D eigenvalue weighted by molar-refractivity contribution is 5.79. The fourth-order valence-corrected chi connectivity index (χ4v) is 2.59. The van der Waals surface area contributed by atoms with Crippen molar-refractivity contribution < 1.29 is 4.79 Å². The Morgan fingerprint density at radius 2 is 2.28 bits per heavy atom. The van der Waals surface area contributed by atoms with Crippen LogP contribution in [0.2, 0.25) is 0 Å². The quantitative estimate of drug-likeness (QED) is 0.880. The zero-order valence-corrected chi connectivity index (χ0v) is 11.1. The maximum atomic E-state index is 12.3. The Bertz CT molecular complexity index is 433. The molecular formula is C14H21N3O. The molecule has 1 amide bonds. The van der Waals surface area contributed by atoms with Gasteiger partial charge in [0, 0.05) is 18.8 Å². The van der Waals surface area contributed by atoms with Gasteiger partial charge in [0.1, 0.15) is 0 Å². The van der Waals surface area contributed by atoms with E-state index in [0.717, 1.165) is 30.7 Å². The molecule has 0 spiro atoms. The first-order valence-corrected chi connectivity index (χ1v) is 6.51. The van der Waals surface area contributed by atoms with Crippen LogP contribution >= 0.6 is 0 Å². The van der Waals surface area contributed by atoms with Crippen molar-refractivity contribution in [3.8, 4) is 0 Å². The number of nitrogens with two attached hydrogens (primary N) is 1. The van der Waals surface area contributed by atoms with Crippen molar-refractivity contribution in [2.75, 3.05) is 7.05 Å². The minimum absolute atomic E-state index is 0.000177. The number of amides is 1. The van der Waals surface area contributed by atoms with E-state index >= 15 is 0 Å². The molecule has 1 saturated carbocycles. The van der Waals surface area contributed by atoms with Gasteiger partial charge in [0.15, 0.2) is 0 Å². The van der Waals surface area contributed by atoms with Gasteiger partial charge in [-0.25, -0.2) is 0 Å². The number of carbonyl (C=O) groups is 1. The lowest BCUT2D eigenvalue weighted by Gasteiger charge is -2.23. The molecule has 98 valence electrons. The van der Waals surface area contributed by atoms with Gasteiger partial charge in [0.25, 0.3) is 0 Å².